The Hall–Kier alpha value is -2.15. The Kier molecular flexibility index (Phi) is 4.74. The van der Waals surface area contributed by atoms with Gasteiger partial charge >= 0.3 is 5.97 Å². The van der Waals surface area contributed by atoms with E-state index in [0.717, 1.165) is 0 Å². The van der Waals surface area contributed by atoms with Crippen LogP contribution in [0.1, 0.15) is 23.2 Å². The average Bonchev–Trinajstić information content (AvgIpc) is 2.30. The molecule has 0 fully saturated rings. The Morgan fingerprint density at radius 1 is 1.25 bits per heavy atom. The molecule has 0 atom stereocenters. The molecule has 0 aliphatic carbocycles. The molecule has 0 radical (unpaired) electrons. The number of carbonyl (C=O) groups is 2. The van der Waals surface area contributed by atoms with Crippen molar-refractivity contribution in [3.63, 3.8) is 0 Å². The second kappa shape index (κ2) is 6.36. The molecule has 0 bridgehead atoms. The van der Waals surface area contributed by atoms with Gasteiger partial charge in [0.2, 0.25) is 0 Å². The number of hydrogen-bond acceptors (Lipinski definition) is 4. The van der Waals surface area contributed by atoms with Crippen LogP contribution in [0.15, 0.2) is 30.3 Å². The second-order valence-corrected chi connectivity index (χ2v) is 3.09. The lowest BCUT2D eigenvalue weighted by atomic mass is 10.1. The van der Waals surface area contributed by atoms with Crippen LogP contribution in [0.4, 0.5) is 0 Å². The molecule has 4 heteroatoms. The summed E-state index contributed by atoms with van der Waals surface area (Å²) in [7, 11) is 0. The van der Waals surface area contributed by atoms with Crippen LogP contribution in [0.2, 0.25) is 0 Å². The molecule has 0 aliphatic heterocycles. The third-order valence-electron chi connectivity index (χ3n) is 1.88. The van der Waals surface area contributed by atoms with Gasteiger partial charge in [0, 0.05) is 5.56 Å². The standard InChI is InChI=1S/C12H11NO3/c13-7-4-8-16-12(15)9-11(14)10-5-2-1-3-6-10/h1-3,5-6H,4,8-9H2. The Morgan fingerprint density at radius 3 is 2.56 bits per heavy atom. The fourth-order valence-electron chi connectivity index (χ4n) is 1.12. The maximum atomic E-state index is 11.5. The summed E-state index contributed by atoms with van der Waals surface area (Å²) in [5.41, 5.74) is 0.486. The van der Waals surface area contributed by atoms with Gasteiger partial charge in [-0.05, 0) is 0 Å². The van der Waals surface area contributed by atoms with E-state index >= 15 is 0 Å². The number of rotatable bonds is 5. The molecule has 0 N–H and O–H groups in total. The van der Waals surface area contributed by atoms with E-state index in [2.05, 4.69) is 0 Å². The van der Waals surface area contributed by atoms with Crippen LogP contribution in [0, 0.1) is 11.3 Å². The van der Waals surface area contributed by atoms with E-state index < -0.39 is 5.97 Å². The molecule has 0 heterocycles. The normalized spacial score (nSPS) is 9.19. The number of nitriles is 1. The summed E-state index contributed by atoms with van der Waals surface area (Å²) in [6.45, 7) is 0.0391. The van der Waals surface area contributed by atoms with E-state index in [1.807, 2.05) is 6.07 Å². The van der Waals surface area contributed by atoms with Crippen LogP contribution in [0.3, 0.4) is 0 Å². The molecular weight excluding hydrogens is 206 g/mol. The van der Waals surface area contributed by atoms with E-state index in [9.17, 15) is 9.59 Å². The van der Waals surface area contributed by atoms with Gasteiger partial charge in [0.15, 0.2) is 5.78 Å². The monoisotopic (exact) mass is 217 g/mol. The number of carbonyl (C=O) groups excluding carboxylic acids is 2. The molecule has 0 saturated heterocycles. The first kappa shape index (κ1) is 11.9. The molecular formula is C12H11NO3. The summed E-state index contributed by atoms with van der Waals surface area (Å²) in [5.74, 6) is -0.869. The van der Waals surface area contributed by atoms with Gasteiger partial charge in [0.25, 0.3) is 0 Å². The zero-order valence-electron chi connectivity index (χ0n) is 8.68. The molecule has 0 amide bonds. The first-order valence-corrected chi connectivity index (χ1v) is 4.85. The largest absolute Gasteiger partial charge is 0.464 e. The van der Waals surface area contributed by atoms with Gasteiger partial charge in [-0.3, -0.25) is 9.59 Å². The number of esters is 1. The van der Waals surface area contributed by atoms with E-state index in [0.29, 0.717) is 5.56 Å². The minimum atomic E-state index is -0.593. The fraction of sp³-hybridized carbons (Fsp3) is 0.250. The Bertz CT molecular complexity index is 406. The van der Waals surface area contributed by atoms with Crippen molar-refractivity contribution in [1.82, 2.24) is 0 Å². The number of nitrogens with zero attached hydrogens (tertiary/aromatic N) is 1. The van der Waals surface area contributed by atoms with E-state index in [4.69, 9.17) is 10.00 Å². The summed E-state index contributed by atoms with van der Waals surface area (Å²) >= 11 is 0. The topological polar surface area (TPSA) is 67.2 Å². The lowest BCUT2D eigenvalue weighted by Gasteiger charge is -2.01. The smallest absolute Gasteiger partial charge is 0.313 e. The van der Waals surface area contributed by atoms with Gasteiger partial charge in [-0.1, -0.05) is 30.3 Å². The number of Topliss-reactive ketones (excluding diaryl/α,β-unsaturated/α-hetero) is 1. The molecule has 4 nitrogen and oxygen atoms in total. The molecule has 0 aliphatic rings. The van der Waals surface area contributed by atoms with Crippen LogP contribution < -0.4 is 0 Å². The van der Waals surface area contributed by atoms with Crippen molar-refractivity contribution in [2.24, 2.45) is 0 Å². The van der Waals surface area contributed by atoms with Gasteiger partial charge in [-0.15, -0.1) is 0 Å². The highest BCUT2D eigenvalue weighted by Gasteiger charge is 2.12. The maximum absolute atomic E-state index is 11.5. The van der Waals surface area contributed by atoms with Crippen LogP contribution >= 0.6 is 0 Å². The Balaban J connectivity index is 2.41. The van der Waals surface area contributed by atoms with Gasteiger partial charge in [0.05, 0.1) is 12.5 Å². The lowest BCUT2D eigenvalue weighted by molar-refractivity contribution is -0.142. The van der Waals surface area contributed by atoms with Gasteiger partial charge in [-0.25, -0.2) is 0 Å². The predicted molar refractivity (Wildman–Crippen MR) is 56.6 cm³/mol. The third kappa shape index (κ3) is 3.93. The molecule has 0 unspecified atom stereocenters. The summed E-state index contributed by atoms with van der Waals surface area (Å²) in [5, 5.41) is 8.23. The SMILES string of the molecule is N#CCCOC(=O)CC(=O)c1ccccc1. The first-order valence-electron chi connectivity index (χ1n) is 4.85. The van der Waals surface area contributed by atoms with Crippen LogP contribution in [0.5, 0.6) is 0 Å². The van der Waals surface area contributed by atoms with E-state index in [1.54, 1.807) is 30.3 Å². The maximum Gasteiger partial charge on any atom is 0.313 e. The van der Waals surface area contributed by atoms with E-state index in [1.165, 1.54) is 0 Å². The summed E-state index contributed by atoms with van der Waals surface area (Å²) < 4.78 is 4.69. The minimum absolute atomic E-state index is 0.0391. The fourth-order valence-corrected chi connectivity index (χ4v) is 1.12. The quantitative estimate of drug-likeness (QED) is 0.326. The molecule has 1 aromatic carbocycles. The molecule has 1 aromatic rings. The number of ether oxygens (including phenoxy) is 1. The average molecular weight is 217 g/mol. The highest BCUT2D eigenvalue weighted by Crippen LogP contribution is 2.03. The van der Waals surface area contributed by atoms with Gasteiger partial charge in [-0.2, -0.15) is 5.26 Å². The van der Waals surface area contributed by atoms with Gasteiger partial charge in [0.1, 0.15) is 13.0 Å². The second-order valence-electron chi connectivity index (χ2n) is 3.09. The van der Waals surface area contributed by atoms with Crippen LogP contribution in [0.25, 0.3) is 0 Å². The third-order valence-corrected chi connectivity index (χ3v) is 1.88. The highest BCUT2D eigenvalue weighted by atomic mass is 16.5. The van der Waals surface area contributed by atoms with Crippen LogP contribution in [-0.2, 0) is 9.53 Å². The molecule has 82 valence electrons. The molecule has 0 saturated carbocycles. The van der Waals surface area contributed by atoms with Crippen molar-refractivity contribution in [2.75, 3.05) is 6.61 Å². The molecule has 0 aromatic heterocycles. The number of benzene rings is 1. The molecule has 16 heavy (non-hydrogen) atoms. The zero-order valence-corrected chi connectivity index (χ0v) is 8.68. The van der Waals surface area contributed by atoms with Crippen molar-refractivity contribution in [3.8, 4) is 6.07 Å². The highest BCUT2D eigenvalue weighted by molar-refractivity contribution is 6.05. The zero-order chi connectivity index (χ0) is 11.8. The Labute approximate surface area is 93.5 Å². The first-order chi connectivity index (χ1) is 7.74. The number of ketones is 1. The van der Waals surface area contributed by atoms with E-state index in [-0.39, 0.29) is 25.2 Å². The minimum Gasteiger partial charge on any atom is -0.464 e. The number of hydrogen-bond donors (Lipinski definition) is 0. The summed E-state index contributed by atoms with van der Waals surface area (Å²) in [6, 6.07) is 10.4. The Morgan fingerprint density at radius 2 is 1.94 bits per heavy atom. The summed E-state index contributed by atoms with van der Waals surface area (Å²) in [4.78, 5) is 22.7. The van der Waals surface area contributed by atoms with Crippen molar-refractivity contribution in [3.05, 3.63) is 35.9 Å². The van der Waals surface area contributed by atoms with Crippen LogP contribution in [-0.4, -0.2) is 18.4 Å². The van der Waals surface area contributed by atoms with Crippen molar-refractivity contribution in [1.29, 1.82) is 5.26 Å². The van der Waals surface area contributed by atoms with Gasteiger partial charge < -0.3 is 4.74 Å². The lowest BCUT2D eigenvalue weighted by Crippen LogP contribution is -2.12. The summed E-state index contributed by atoms with van der Waals surface area (Å²) in [6.07, 6.45) is -0.138. The van der Waals surface area contributed by atoms with Crippen molar-refractivity contribution in [2.45, 2.75) is 12.8 Å². The molecule has 1 rings (SSSR count). The molecule has 0 spiro atoms. The predicted octanol–water partition coefficient (Wildman–Crippen LogP) is 1.72. The van der Waals surface area contributed by atoms with Crippen molar-refractivity contribution < 1.29 is 14.3 Å². The van der Waals surface area contributed by atoms with Crippen molar-refractivity contribution >= 4 is 11.8 Å².